The summed E-state index contributed by atoms with van der Waals surface area (Å²) in [7, 11) is 0. The lowest BCUT2D eigenvalue weighted by atomic mass is 10.2. The quantitative estimate of drug-likeness (QED) is 0.249. The van der Waals surface area contributed by atoms with Gasteiger partial charge in [-0.15, -0.1) is 0 Å². The van der Waals surface area contributed by atoms with E-state index < -0.39 is 0 Å². The van der Waals surface area contributed by atoms with Gasteiger partial charge in [0.2, 0.25) is 0 Å². The molecule has 0 aliphatic heterocycles. The van der Waals surface area contributed by atoms with Crippen molar-refractivity contribution < 1.29 is 0 Å². The predicted octanol–water partition coefficient (Wildman–Crippen LogP) is 7.27. The summed E-state index contributed by atoms with van der Waals surface area (Å²) in [6.07, 6.45) is 6.85. The smallest absolute Gasteiger partial charge is 0.0652 e. The summed E-state index contributed by atoms with van der Waals surface area (Å²) in [4.78, 5) is 2.51. The van der Waals surface area contributed by atoms with E-state index >= 15 is 0 Å². The molecule has 0 spiro atoms. The number of nitrogens with zero attached hydrogens (tertiary/aromatic N) is 3. The van der Waals surface area contributed by atoms with Crippen molar-refractivity contribution >= 4 is 23.3 Å². The minimum Gasteiger partial charge on any atom is -0.372 e. The highest BCUT2D eigenvalue weighted by atomic mass is 15.5. The first-order valence-corrected chi connectivity index (χ1v) is 11.1. The third kappa shape index (κ3) is 6.21. The molecule has 30 heavy (non-hydrogen) atoms. The second-order valence-electron chi connectivity index (χ2n) is 7.51. The van der Waals surface area contributed by atoms with Gasteiger partial charge in [0, 0.05) is 18.8 Å². The SMILES string of the molecule is CCCCN(CCCC)c1ccc(C=NN(c2ccccc2)c2ccccc2)cc1. The van der Waals surface area contributed by atoms with Crippen molar-refractivity contribution in [2.45, 2.75) is 39.5 Å². The van der Waals surface area contributed by atoms with Gasteiger partial charge in [-0.05, 0) is 54.8 Å². The van der Waals surface area contributed by atoms with Gasteiger partial charge in [-0.2, -0.15) is 5.10 Å². The monoisotopic (exact) mass is 399 g/mol. The number of anilines is 3. The number of hydrogen-bond donors (Lipinski definition) is 0. The van der Waals surface area contributed by atoms with Crippen molar-refractivity contribution in [3.8, 4) is 0 Å². The van der Waals surface area contributed by atoms with Crippen LogP contribution in [0.5, 0.6) is 0 Å². The summed E-state index contributed by atoms with van der Waals surface area (Å²) < 4.78 is 0. The highest BCUT2D eigenvalue weighted by Gasteiger charge is 2.08. The van der Waals surface area contributed by atoms with Crippen molar-refractivity contribution in [3.63, 3.8) is 0 Å². The Morgan fingerprint density at radius 1 is 0.633 bits per heavy atom. The molecular formula is C27H33N3. The molecule has 156 valence electrons. The minimum atomic E-state index is 1.04. The van der Waals surface area contributed by atoms with Crippen molar-refractivity contribution in [2.75, 3.05) is 23.0 Å². The molecule has 3 rings (SSSR count). The maximum Gasteiger partial charge on any atom is 0.0652 e. The van der Waals surface area contributed by atoms with E-state index in [1.54, 1.807) is 0 Å². The zero-order chi connectivity index (χ0) is 21.0. The maximum atomic E-state index is 4.80. The van der Waals surface area contributed by atoms with Crippen molar-refractivity contribution in [2.24, 2.45) is 5.10 Å². The Balaban J connectivity index is 1.77. The first kappa shape index (κ1) is 21.6. The molecule has 0 saturated carbocycles. The van der Waals surface area contributed by atoms with E-state index in [9.17, 15) is 0 Å². The normalized spacial score (nSPS) is 11.0. The molecule has 3 aromatic rings. The summed E-state index contributed by atoms with van der Waals surface area (Å²) in [5.74, 6) is 0. The topological polar surface area (TPSA) is 18.8 Å². The molecule has 0 aliphatic carbocycles. The molecular weight excluding hydrogens is 366 g/mol. The van der Waals surface area contributed by atoms with Gasteiger partial charge in [0.25, 0.3) is 0 Å². The largest absolute Gasteiger partial charge is 0.372 e. The average Bonchev–Trinajstić information content (AvgIpc) is 2.81. The lowest BCUT2D eigenvalue weighted by molar-refractivity contribution is 0.678. The molecule has 0 radical (unpaired) electrons. The highest BCUT2D eigenvalue weighted by Crippen LogP contribution is 2.25. The molecule has 0 fully saturated rings. The van der Waals surface area contributed by atoms with Crippen LogP contribution in [0.4, 0.5) is 17.1 Å². The summed E-state index contributed by atoms with van der Waals surface area (Å²) >= 11 is 0. The van der Waals surface area contributed by atoms with Gasteiger partial charge in [-0.3, -0.25) is 0 Å². The van der Waals surface area contributed by atoms with Crippen molar-refractivity contribution in [3.05, 3.63) is 90.5 Å². The number of unbranched alkanes of at least 4 members (excludes halogenated alkanes) is 2. The first-order valence-electron chi connectivity index (χ1n) is 11.1. The Morgan fingerprint density at radius 2 is 1.13 bits per heavy atom. The third-order valence-corrected chi connectivity index (χ3v) is 5.15. The van der Waals surface area contributed by atoms with Gasteiger partial charge in [0.05, 0.1) is 17.6 Å². The van der Waals surface area contributed by atoms with Gasteiger partial charge in [0.1, 0.15) is 0 Å². The molecule has 0 aliphatic rings. The van der Waals surface area contributed by atoms with Gasteiger partial charge in [0.15, 0.2) is 0 Å². The molecule has 0 atom stereocenters. The molecule has 0 aromatic heterocycles. The summed E-state index contributed by atoms with van der Waals surface area (Å²) in [5.41, 5.74) is 4.49. The summed E-state index contributed by atoms with van der Waals surface area (Å²) in [6, 6.07) is 29.3. The van der Waals surface area contributed by atoms with Crippen LogP contribution in [0.25, 0.3) is 0 Å². The number of benzene rings is 3. The van der Waals surface area contributed by atoms with E-state index in [4.69, 9.17) is 5.10 Å². The van der Waals surface area contributed by atoms with Crippen LogP contribution < -0.4 is 9.91 Å². The Hall–Kier alpha value is -3.07. The number of hydrogen-bond acceptors (Lipinski definition) is 3. The van der Waals surface area contributed by atoms with Crippen LogP contribution in [0.1, 0.15) is 45.1 Å². The second-order valence-corrected chi connectivity index (χ2v) is 7.51. The number of para-hydroxylation sites is 2. The summed E-state index contributed by atoms with van der Waals surface area (Å²) in [5, 5.41) is 6.78. The first-order chi connectivity index (χ1) is 14.8. The van der Waals surface area contributed by atoms with Crippen LogP contribution in [-0.4, -0.2) is 19.3 Å². The third-order valence-electron chi connectivity index (χ3n) is 5.15. The van der Waals surface area contributed by atoms with Crippen LogP contribution in [0.3, 0.4) is 0 Å². The predicted molar refractivity (Wildman–Crippen MR) is 131 cm³/mol. The van der Waals surface area contributed by atoms with Gasteiger partial charge < -0.3 is 4.90 Å². The van der Waals surface area contributed by atoms with Crippen LogP contribution in [0.2, 0.25) is 0 Å². The molecule has 0 unspecified atom stereocenters. The van der Waals surface area contributed by atoms with E-state index in [1.165, 1.54) is 31.4 Å². The lowest BCUT2D eigenvalue weighted by Gasteiger charge is -2.24. The van der Waals surface area contributed by atoms with E-state index in [-0.39, 0.29) is 0 Å². The Morgan fingerprint density at radius 3 is 1.60 bits per heavy atom. The number of rotatable bonds is 11. The van der Waals surface area contributed by atoms with Crippen LogP contribution >= 0.6 is 0 Å². The Labute approximate surface area is 181 Å². The Bertz CT molecular complexity index is 826. The molecule has 0 saturated heterocycles. The summed E-state index contributed by atoms with van der Waals surface area (Å²) in [6.45, 7) is 6.75. The molecule has 0 bridgehead atoms. The minimum absolute atomic E-state index is 1.04. The highest BCUT2D eigenvalue weighted by molar-refractivity contribution is 5.82. The van der Waals surface area contributed by atoms with Crippen LogP contribution in [0, 0.1) is 0 Å². The van der Waals surface area contributed by atoms with Gasteiger partial charge in [-0.1, -0.05) is 75.2 Å². The van der Waals surface area contributed by atoms with E-state index in [0.29, 0.717) is 0 Å². The fourth-order valence-corrected chi connectivity index (χ4v) is 3.38. The Kier molecular flexibility index (Phi) is 8.52. The zero-order valence-electron chi connectivity index (χ0n) is 18.2. The zero-order valence-corrected chi connectivity index (χ0v) is 18.2. The molecule has 3 heteroatoms. The average molecular weight is 400 g/mol. The van der Waals surface area contributed by atoms with Gasteiger partial charge >= 0.3 is 0 Å². The molecule has 3 nitrogen and oxygen atoms in total. The van der Waals surface area contributed by atoms with Crippen molar-refractivity contribution in [1.29, 1.82) is 0 Å². The fourth-order valence-electron chi connectivity index (χ4n) is 3.38. The lowest BCUT2D eigenvalue weighted by Crippen LogP contribution is -2.25. The van der Waals surface area contributed by atoms with E-state index in [0.717, 1.165) is 30.0 Å². The van der Waals surface area contributed by atoms with Crippen LogP contribution in [0.15, 0.2) is 90.0 Å². The molecule has 0 N–H and O–H groups in total. The molecule has 3 aromatic carbocycles. The second kappa shape index (κ2) is 11.8. The van der Waals surface area contributed by atoms with E-state index in [1.807, 2.05) is 47.6 Å². The maximum absolute atomic E-state index is 4.80. The molecule has 0 heterocycles. The fraction of sp³-hybridized carbons (Fsp3) is 0.296. The standard InChI is InChI=1S/C27H33N3/c1-3-5-21-29(22-6-4-2)25-19-17-24(18-20-25)23-28-30(26-13-9-7-10-14-26)27-15-11-8-12-16-27/h7-20,23H,3-6,21-22H2,1-2H3. The van der Waals surface area contributed by atoms with Gasteiger partial charge in [-0.25, -0.2) is 5.01 Å². The molecule has 0 amide bonds. The van der Waals surface area contributed by atoms with E-state index in [2.05, 4.69) is 67.3 Å². The van der Waals surface area contributed by atoms with Crippen molar-refractivity contribution in [1.82, 2.24) is 0 Å². The van der Waals surface area contributed by atoms with Crippen LogP contribution in [-0.2, 0) is 0 Å². The number of hydrazone groups is 1.